The molecule has 6 heteroatoms. The second-order valence-corrected chi connectivity index (χ2v) is 3.48. The molecule has 1 rings (SSSR count). The predicted molar refractivity (Wildman–Crippen MR) is 55.0 cm³/mol. The minimum atomic E-state index is -0.444. The SMILES string of the molecule is N#CCCNC(=O)CN1CCOC(C#N)C1. The van der Waals surface area contributed by atoms with Gasteiger partial charge in [-0.25, -0.2) is 0 Å². The van der Waals surface area contributed by atoms with Crippen molar-refractivity contribution in [2.75, 3.05) is 32.8 Å². The number of carbonyl (C=O) groups excluding carboxylic acids is 1. The normalized spacial score (nSPS) is 20.8. The molecule has 0 aliphatic carbocycles. The second-order valence-electron chi connectivity index (χ2n) is 3.48. The van der Waals surface area contributed by atoms with Gasteiger partial charge in [0, 0.05) is 19.6 Å². The number of carbonyl (C=O) groups is 1. The molecule has 1 unspecified atom stereocenters. The van der Waals surface area contributed by atoms with Gasteiger partial charge in [0.2, 0.25) is 5.91 Å². The van der Waals surface area contributed by atoms with E-state index < -0.39 is 6.10 Å². The highest BCUT2D eigenvalue weighted by Gasteiger charge is 2.21. The molecule has 0 aromatic rings. The van der Waals surface area contributed by atoms with E-state index in [2.05, 4.69) is 5.32 Å². The van der Waals surface area contributed by atoms with Gasteiger partial charge in [0.15, 0.2) is 6.10 Å². The van der Waals surface area contributed by atoms with Gasteiger partial charge >= 0.3 is 0 Å². The standard InChI is InChI=1S/C10H14N4O2/c11-2-1-3-13-10(15)8-14-4-5-16-9(6-12)7-14/h9H,1,3-5,7-8H2,(H,13,15). The van der Waals surface area contributed by atoms with Gasteiger partial charge in [0.1, 0.15) is 0 Å². The number of amides is 1. The van der Waals surface area contributed by atoms with Gasteiger partial charge < -0.3 is 10.1 Å². The highest BCUT2D eigenvalue weighted by atomic mass is 16.5. The van der Waals surface area contributed by atoms with Gasteiger partial charge in [-0.1, -0.05) is 0 Å². The van der Waals surface area contributed by atoms with Crippen molar-refractivity contribution in [1.82, 2.24) is 10.2 Å². The van der Waals surface area contributed by atoms with Crippen LogP contribution in [-0.2, 0) is 9.53 Å². The number of nitrogens with one attached hydrogen (secondary N) is 1. The Morgan fingerprint density at radius 1 is 1.56 bits per heavy atom. The molecule has 16 heavy (non-hydrogen) atoms. The maximum atomic E-state index is 11.4. The molecule has 1 amide bonds. The molecule has 1 atom stereocenters. The number of nitrogens with zero attached hydrogens (tertiary/aromatic N) is 3. The summed E-state index contributed by atoms with van der Waals surface area (Å²) in [6.07, 6.45) is -0.129. The monoisotopic (exact) mass is 222 g/mol. The van der Waals surface area contributed by atoms with E-state index in [1.165, 1.54) is 0 Å². The molecule has 0 bridgehead atoms. The Bertz CT molecular complexity index is 318. The maximum absolute atomic E-state index is 11.4. The van der Waals surface area contributed by atoms with E-state index >= 15 is 0 Å². The zero-order valence-electron chi connectivity index (χ0n) is 8.98. The van der Waals surface area contributed by atoms with Crippen molar-refractivity contribution in [3.05, 3.63) is 0 Å². The van der Waals surface area contributed by atoms with Gasteiger partial charge in [0.25, 0.3) is 0 Å². The Morgan fingerprint density at radius 2 is 2.38 bits per heavy atom. The lowest BCUT2D eigenvalue weighted by molar-refractivity contribution is -0.123. The molecule has 0 saturated carbocycles. The molecule has 1 aliphatic heterocycles. The minimum Gasteiger partial charge on any atom is -0.361 e. The van der Waals surface area contributed by atoms with Crippen LogP contribution in [0.1, 0.15) is 6.42 Å². The van der Waals surface area contributed by atoms with Gasteiger partial charge in [-0.15, -0.1) is 0 Å². The summed E-state index contributed by atoms with van der Waals surface area (Å²) in [6, 6.07) is 3.97. The first-order valence-electron chi connectivity index (χ1n) is 5.13. The van der Waals surface area contributed by atoms with Crippen molar-refractivity contribution in [2.24, 2.45) is 0 Å². The van der Waals surface area contributed by atoms with Crippen molar-refractivity contribution < 1.29 is 9.53 Å². The molecule has 1 saturated heterocycles. The first-order chi connectivity index (χ1) is 7.76. The van der Waals surface area contributed by atoms with Crippen LogP contribution in [0.25, 0.3) is 0 Å². The van der Waals surface area contributed by atoms with E-state index in [1.807, 2.05) is 17.0 Å². The molecule has 1 N–H and O–H groups in total. The fourth-order valence-corrected chi connectivity index (χ4v) is 1.44. The highest BCUT2D eigenvalue weighted by molar-refractivity contribution is 5.78. The molecular weight excluding hydrogens is 208 g/mol. The van der Waals surface area contributed by atoms with Crippen LogP contribution in [0.3, 0.4) is 0 Å². The second kappa shape index (κ2) is 6.78. The predicted octanol–water partition coefficient (Wildman–Crippen LogP) is -0.759. The average Bonchev–Trinajstić information content (AvgIpc) is 2.29. The fraction of sp³-hybridized carbons (Fsp3) is 0.700. The number of nitriles is 2. The number of rotatable bonds is 4. The fourth-order valence-electron chi connectivity index (χ4n) is 1.44. The Morgan fingerprint density at radius 3 is 3.06 bits per heavy atom. The lowest BCUT2D eigenvalue weighted by Gasteiger charge is -2.28. The summed E-state index contributed by atoms with van der Waals surface area (Å²) in [7, 11) is 0. The summed E-state index contributed by atoms with van der Waals surface area (Å²) in [4.78, 5) is 13.3. The summed E-state index contributed by atoms with van der Waals surface area (Å²) in [5.41, 5.74) is 0. The van der Waals surface area contributed by atoms with Crippen LogP contribution in [0.2, 0.25) is 0 Å². The molecule has 0 aromatic carbocycles. The van der Waals surface area contributed by atoms with Crippen LogP contribution in [-0.4, -0.2) is 49.7 Å². The van der Waals surface area contributed by atoms with E-state index in [9.17, 15) is 4.79 Å². The number of ether oxygens (including phenoxy) is 1. The van der Waals surface area contributed by atoms with E-state index in [0.717, 1.165) is 0 Å². The quantitative estimate of drug-likeness (QED) is 0.631. The lowest BCUT2D eigenvalue weighted by atomic mass is 10.3. The van der Waals surface area contributed by atoms with Crippen LogP contribution in [0, 0.1) is 22.7 Å². The van der Waals surface area contributed by atoms with Gasteiger partial charge in [0.05, 0.1) is 31.7 Å². The molecule has 0 radical (unpaired) electrons. The minimum absolute atomic E-state index is 0.117. The zero-order valence-corrected chi connectivity index (χ0v) is 8.98. The Hall–Kier alpha value is -1.63. The molecule has 86 valence electrons. The van der Waals surface area contributed by atoms with E-state index in [0.29, 0.717) is 32.7 Å². The first kappa shape index (κ1) is 12.4. The maximum Gasteiger partial charge on any atom is 0.234 e. The van der Waals surface area contributed by atoms with Crippen molar-refractivity contribution >= 4 is 5.91 Å². The van der Waals surface area contributed by atoms with E-state index in [4.69, 9.17) is 15.3 Å². The third kappa shape index (κ3) is 4.26. The molecule has 0 aromatic heterocycles. The molecule has 1 heterocycles. The van der Waals surface area contributed by atoms with Crippen LogP contribution < -0.4 is 5.32 Å². The van der Waals surface area contributed by atoms with Gasteiger partial charge in [-0.05, 0) is 0 Å². The summed E-state index contributed by atoms with van der Waals surface area (Å²) >= 11 is 0. The summed E-state index contributed by atoms with van der Waals surface area (Å²) in [6.45, 7) is 2.23. The van der Waals surface area contributed by atoms with E-state index in [1.54, 1.807) is 0 Å². The average molecular weight is 222 g/mol. The lowest BCUT2D eigenvalue weighted by Crippen LogP contribution is -2.46. The summed E-state index contributed by atoms with van der Waals surface area (Å²) in [5, 5.41) is 19.6. The molecule has 1 aliphatic rings. The number of hydrogen-bond donors (Lipinski definition) is 1. The zero-order chi connectivity index (χ0) is 11.8. The highest BCUT2D eigenvalue weighted by Crippen LogP contribution is 2.03. The van der Waals surface area contributed by atoms with Crippen LogP contribution >= 0.6 is 0 Å². The summed E-state index contributed by atoms with van der Waals surface area (Å²) in [5.74, 6) is -0.117. The van der Waals surface area contributed by atoms with Crippen LogP contribution in [0.15, 0.2) is 0 Å². The number of morpholine rings is 1. The first-order valence-corrected chi connectivity index (χ1v) is 5.13. The van der Waals surface area contributed by atoms with Crippen LogP contribution in [0.5, 0.6) is 0 Å². The Kier molecular flexibility index (Phi) is 5.27. The van der Waals surface area contributed by atoms with Crippen molar-refractivity contribution in [3.63, 3.8) is 0 Å². The molecule has 6 nitrogen and oxygen atoms in total. The number of hydrogen-bond acceptors (Lipinski definition) is 5. The summed E-state index contributed by atoms with van der Waals surface area (Å²) < 4.78 is 5.16. The van der Waals surface area contributed by atoms with Crippen molar-refractivity contribution in [3.8, 4) is 12.1 Å². The largest absolute Gasteiger partial charge is 0.361 e. The smallest absolute Gasteiger partial charge is 0.234 e. The van der Waals surface area contributed by atoms with Gasteiger partial charge in [-0.3, -0.25) is 9.69 Å². The Balaban J connectivity index is 2.23. The Labute approximate surface area is 94.4 Å². The molecule has 1 fully saturated rings. The van der Waals surface area contributed by atoms with E-state index in [-0.39, 0.29) is 12.5 Å². The van der Waals surface area contributed by atoms with Crippen molar-refractivity contribution in [1.29, 1.82) is 10.5 Å². The van der Waals surface area contributed by atoms with Crippen LogP contribution in [0.4, 0.5) is 0 Å². The molecule has 0 spiro atoms. The van der Waals surface area contributed by atoms with Gasteiger partial charge in [-0.2, -0.15) is 10.5 Å². The van der Waals surface area contributed by atoms with Crippen molar-refractivity contribution in [2.45, 2.75) is 12.5 Å². The topological polar surface area (TPSA) is 89.2 Å². The third-order valence-corrected chi connectivity index (χ3v) is 2.22. The third-order valence-electron chi connectivity index (χ3n) is 2.22. The molecular formula is C10H14N4O2.